The molecule has 1 unspecified atom stereocenters. The Morgan fingerprint density at radius 2 is 1.86 bits per heavy atom. The van der Waals surface area contributed by atoms with E-state index in [1.807, 2.05) is 0 Å². The zero-order valence-electron chi connectivity index (χ0n) is 7.52. The molecular weight excluding hydrogens is 211 g/mol. The molecular formula is C7H15O6P. The second-order valence-corrected chi connectivity index (χ2v) is 4.52. The van der Waals surface area contributed by atoms with Gasteiger partial charge in [-0.2, -0.15) is 0 Å². The lowest BCUT2D eigenvalue weighted by molar-refractivity contribution is -0.246. The molecule has 1 saturated heterocycles. The van der Waals surface area contributed by atoms with Gasteiger partial charge in [0, 0.05) is 12.6 Å². The van der Waals surface area contributed by atoms with Gasteiger partial charge in [0.1, 0.15) is 6.10 Å². The fraction of sp³-hybridized carbons (Fsp3) is 1.00. The number of ether oxygens (including phenoxy) is 1. The summed E-state index contributed by atoms with van der Waals surface area (Å²) in [5, 5.41) is 27.5. The van der Waals surface area contributed by atoms with Crippen LogP contribution in [0.3, 0.4) is 0 Å². The molecule has 1 aliphatic heterocycles. The van der Waals surface area contributed by atoms with Crippen molar-refractivity contribution in [2.45, 2.75) is 37.4 Å². The van der Waals surface area contributed by atoms with Crippen LogP contribution in [0, 0.1) is 0 Å². The van der Waals surface area contributed by atoms with Crippen molar-refractivity contribution in [1.82, 2.24) is 0 Å². The molecule has 1 rings (SSSR count). The van der Waals surface area contributed by atoms with Crippen LogP contribution in [0.5, 0.6) is 0 Å². The highest BCUT2D eigenvalue weighted by molar-refractivity contribution is 7.45. The van der Waals surface area contributed by atoms with Gasteiger partial charge in [0.25, 0.3) is 0 Å². The molecule has 0 aliphatic carbocycles. The molecule has 0 saturated carbocycles. The van der Waals surface area contributed by atoms with Crippen LogP contribution < -0.4 is 0 Å². The molecule has 0 aromatic rings. The largest absolute Gasteiger partial charge is 0.390 e. The van der Waals surface area contributed by atoms with Crippen molar-refractivity contribution in [3.63, 3.8) is 0 Å². The van der Waals surface area contributed by atoms with Gasteiger partial charge in [0.05, 0.1) is 12.2 Å². The van der Waals surface area contributed by atoms with E-state index in [1.165, 1.54) is 0 Å². The quantitative estimate of drug-likeness (QED) is 0.375. The lowest BCUT2D eigenvalue weighted by Gasteiger charge is -2.34. The Morgan fingerprint density at radius 1 is 1.21 bits per heavy atom. The number of aliphatic hydroxyl groups is 3. The normalized spacial score (nSPS) is 39.0. The fourth-order valence-electron chi connectivity index (χ4n) is 1.38. The topological polar surface area (TPSA) is 110 Å². The predicted octanol–water partition coefficient (Wildman–Crippen LogP) is -1.50. The van der Waals surface area contributed by atoms with E-state index in [-0.39, 0.29) is 12.6 Å². The first kappa shape index (κ1) is 12.3. The van der Waals surface area contributed by atoms with Gasteiger partial charge in [-0.1, -0.05) is 0 Å². The van der Waals surface area contributed by atoms with Gasteiger partial charge in [-0.3, -0.25) is 0 Å². The third-order valence-electron chi connectivity index (χ3n) is 2.17. The van der Waals surface area contributed by atoms with Crippen LogP contribution in [0.4, 0.5) is 0 Å². The number of aliphatic hydroxyl groups excluding tert-OH is 3. The van der Waals surface area contributed by atoms with Crippen LogP contribution >= 0.6 is 8.38 Å². The van der Waals surface area contributed by atoms with Crippen LogP contribution in [-0.4, -0.2) is 55.9 Å². The second-order valence-electron chi connectivity index (χ2n) is 3.33. The van der Waals surface area contributed by atoms with E-state index in [4.69, 9.17) is 24.7 Å². The monoisotopic (exact) mass is 226 g/mol. The maximum absolute atomic E-state index is 9.27. The van der Waals surface area contributed by atoms with Crippen LogP contribution in [0.1, 0.15) is 12.8 Å². The maximum atomic E-state index is 9.27. The van der Waals surface area contributed by atoms with Crippen LogP contribution in [0.15, 0.2) is 0 Å². The third kappa shape index (κ3) is 3.40. The average molecular weight is 226 g/mol. The van der Waals surface area contributed by atoms with Gasteiger partial charge in [0.2, 0.25) is 0 Å². The van der Waals surface area contributed by atoms with Crippen LogP contribution in [-0.2, 0) is 4.74 Å². The van der Waals surface area contributed by atoms with Crippen LogP contribution in [0.25, 0.3) is 0 Å². The summed E-state index contributed by atoms with van der Waals surface area (Å²) in [5.74, 6) is 0. The van der Waals surface area contributed by atoms with Crippen molar-refractivity contribution < 1.29 is 29.8 Å². The van der Waals surface area contributed by atoms with E-state index in [2.05, 4.69) is 0 Å². The van der Waals surface area contributed by atoms with Crippen LogP contribution in [0.2, 0.25) is 0 Å². The van der Waals surface area contributed by atoms with E-state index >= 15 is 0 Å². The van der Waals surface area contributed by atoms with E-state index in [0.29, 0.717) is 6.42 Å². The lowest BCUT2D eigenvalue weighted by Crippen LogP contribution is -2.48. The Bertz CT molecular complexity index is 166. The minimum absolute atomic E-state index is 0.176. The van der Waals surface area contributed by atoms with E-state index in [0.717, 1.165) is 0 Å². The molecule has 0 radical (unpaired) electrons. The van der Waals surface area contributed by atoms with Gasteiger partial charge in [-0.05, 0) is 6.42 Å². The zero-order valence-corrected chi connectivity index (χ0v) is 8.42. The third-order valence-corrected chi connectivity index (χ3v) is 2.83. The second kappa shape index (κ2) is 5.32. The summed E-state index contributed by atoms with van der Waals surface area (Å²) in [5.41, 5.74) is 0. The molecule has 1 aliphatic rings. The predicted molar refractivity (Wildman–Crippen MR) is 48.4 cm³/mol. The van der Waals surface area contributed by atoms with Crippen molar-refractivity contribution in [2.24, 2.45) is 0 Å². The Hall–Kier alpha value is 0.190. The number of hydrogen-bond acceptors (Lipinski definition) is 6. The molecule has 0 amide bonds. The molecule has 0 bridgehead atoms. The molecule has 1 fully saturated rings. The van der Waals surface area contributed by atoms with E-state index < -0.39 is 33.0 Å². The molecule has 4 atom stereocenters. The minimum Gasteiger partial charge on any atom is -0.390 e. The molecule has 6 nitrogen and oxygen atoms in total. The first-order chi connectivity index (χ1) is 6.50. The summed E-state index contributed by atoms with van der Waals surface area (Å²) in [6.07, 6.45) is -3.42. The molecule has 7 heteroatoms. The minimum atomic E-state index is -1.97. The Labute approximate surface area is 82.7 Å². The van der Waals surface area contributed by atoms with Crippen molar-refractivity contribution >= 4 is 8.38 Å². The number of rotatable bonds is 3. The van der Waals surface area contributed by atoms with Crippen molar-refractivity contribution in [3.05, 3.63) is 0 Å². The molecule has 5 N–H and O–H groups in total. The Morgan fingerprint density at radius 3 is 2.36 bits per heavy atom. The van der Waals surface area contributed by atoms with Gasteiger partial charge >= 0.3 is 0 Å². The van der Waals surface area contributed by atoms with Gasteiger partial charge in [0.15, 0.2) is 14.7 Å². The molecule has 0 spiro atoms. The summed E-state index contributed by atoms with van der Waals surface area (Å²) in [6, 6.07) is 0. The smallest absolute Gasteiger partial charge is 0.183 e. The van der Waals surface area contributed by atoms with Crippen molar-refractivity contribution in [1.29, 1.82) is 0 Å². The molecule has 0 aromatic heterocycles. The lowest BCUT2D eigenvalue weighted by atomic mass is 10.0. The SMILES string of the molecule is OC1O[C@H](CCP(O)O)C[C@H](O)[C@@H]1O. The Kier molecular flexibility index (Phi) is 4.66. The van der Waals surface area contributed by atoms with E-state index in [1.54, 1.807) is 0 Å². The van der Waals surface area contributed by atoms with Gasteiger partial charge in [-0.15, -0.1) is 0 Å². The summed E-state index contributed by atoms with van der Waals surface area (Å²) in [7, 11) is -1.97. The summed E-state index contributed by atoms with van der Waals surface area (Å²) < 4.78 is 4.95. The average Bonchev–Trinajstić information content (AvgIpc) is 2.10. The van der Waals surface area contributed by atoms with Crippen molar-refractivity contribution in [3.8, 4) is 0 Å². The first-order valence-electron chi connectivity index (χ1n) is 4.35. The molecule has 1 heterocycles. The summed E-state index contributed by atoms with van der Waals surface area (Å²) >= 11 is 0. The standard InChI is InChI=1S/C7H15O6P/c8-5-3-4(1-2-14(11)12)13-7(10)6(5)9/h4-12H,1-3H2/t4-,5+,6+,7?/m1/s1. The van der Waals surface area contributed by atoms with E-state index in [9.17, 15) is 5.11 Å². The molecule has 84 valence electrons. The zero-order chi connectivity index (χ0) is 10.7. The number of hydrogen-bond donors (Lipinski definition) is 5. The van der Waals surface area contributed by atoms with Gasteiger partial charge in [-0.25, -0.2) is 0 Å². The summed E-state index contributed by atoms with van der Waals surface area (Å²) in [6.45, 7) is 0. The first-order valence-corrected chi connectivity index (χ1v) is 5.79. The highest BCUT2D eigenvalue weighted by Crippen LogP contribution is 2.28. The van der Waals surface area contributed by atoms with Gasteiger partial charge < -0.3 is 29.8 Å². The van der Waals surface area contributed by atoms with Crippen molar-refractivity contribution in [2.75, 3.05) is 6.16 Å². The summed E-state index contributed by atoms with van der Waals surface area (Å²) in [4.78, 5) is 17.3. The highest BCUT2D eigenvalue weighted by Gasteiger charge is 2.35. The maximum Gasteiger partial charge on any atom is 0.183 e. The Balaban J connectivity index is 2.34. The fourth-order valence-corrected chi connectivity index (χ4v) is 1.90. The molecule has 14 heavy (non-hydrogen) atoms. The highest BCUT2D eigenvalue weighted by atomic mass is 31.2. The molecule has 0 aromatic carbocycles.